The quantitative estimate of drug-likeness (QED) is 0.887. The Morgan fingerprint density at radius 2 is 2.09 bits per heavy atom. The molecular weight excluding hydrogens is 348 g/mol. The average Bonchev–Trinajstić information content (AvgIpc) is 2.93. The molecule has 0 bridgehead atoms. The minimum Gasteiger partial charge on any atom is -0.444 e. The Balaban J connectivity index is 1.82. The van der Waals surface area contributed by atoms with Crippen LogP contribution in [0.25, 0.3) is 0 Å². The molecule has 0 fully saturated rings. The second-order valence-electron chi connectivity index (χ2n) is 5.18. The van der Waals surface area contributed by atoms with Crippen LogP contribution in [0, 0.1) is 0 Å². The second kappa shape index (κ2) is 5.96. The van der Waals surface area contributed by atoms with Crippen molar-refractivity contribution < 1.29 is 14.0 Å². The van der Waals surface area contributed by atoms with Gasteiger partial charge in [0.2, 0.25) is 5.91 Å². The predicted octanol–water partition coefficient (Wildman–Crippen LogP) is 3.59. The van der Waals surface area contributed by atoms with Gasteiger partial charge in [0.1, 0.15) is 0 Å². The summed E-state index contributed by atoms with van der Waals surface area (Å²) in [6, 6.07) is 8.88. The van der Waals surface area contributed by atoms with Crippen molar-refractivity contribution in [3.8, 4) is 0 Å². The minimum atomic E-state index is -0.301. The zero-order valence-electron chi connectivity index (χ0n) is 12.1. The van der Waals surface area contributed by atoms with Crippen molar-refractivity contribution in [3.05, 3.63) is 46.3 Å². The van der Waals surface area contributed by atoms with Gasteiger partial charge >= 0.3 is 0 Å². The number of aryl methyl sites for hydroxylation is 1. The molecule has 0 spiro atoms. The van der Waals surface area contributed by atoms with E-state index in [4.69, 9.17) is 4.42 Å². The molecule has 0 saturated carbocycles. The Hall–Kier alpha value is -2.08. The molecule has 0 saturated heterocycles. The van der Waals surface area contributed by atoms with E-state index in [1.807, 2.05) is 12.1 Å². The first-order valence-electron chi connectivity index (χ1n) is 7.02. The third kappa shape index (κ3) is 2.92. The zero-order chi connectivity index (χ0) is 15.7. The summed E-state index contributed by atoms with van der Waals surface area (Å²) in [5.41, 5.74) is 2.69. The Morgan fingerprint density at radius 1 is 1.27 bits per heavy atom. The van der Waals surface area contributed by atoms with Gasteiger partial charge in [0.05, 0.1) is 0 Å². The largest absolute Gasteiger partial charge is 0.444 e. The lowest BCUT2D eigenvalue weighted by Crippen LogP contribution is -2.33. The van der Waals surface area contributed by atoms with Gasteiger partial charge in [-0.25, -0.2) is 0 Å². The van der Waals surface area contributed by atoms with E-state index in [-0.39, 0.29) is 17.6 Å². The van der Waals surface area contributed by atoms with Gasteiger partial charge in [-0.3, -0.25) is 9.59 Å². The van der Waals surface area contributed by atoms with Gasteiger partial charge in [-0.15, -0.1) is 0 Å². The SMILES string of the molecule is CC(=O)N1CCCc2cc(NC(=O)c3ccc(Br)o3)ccc21. The summed E-state index contributed by atoms with van der Waals surface area (Å²) in [4.78, 5) is 25.5. The second-order valence-corrected chi connectivity index (χ2v) is 5.96. The fraction of sp³-hybridized carbons (Fsp3) is 0.250. The van der Waals surface area contributed by atoms with E-state index in [1.54, 1.807) is 30.0 Å². The molecule has 114 valence electrons. The average molecular weight is 363 g/mol. The number of carbonyl (C=O) groups is 2. The van der Waals surface area contributed by atoms with Crippen molar-refractivity contribution in [3.63, 3.8) is 0 Å². The van der Waals surface area contributed by atoms with E-state index in [2.05, 4.69) is 21.2 Å². The van der Waals surface area contributed by atoms with E-state index in [0.717, 1.165) is 30.6 Å². The highest BCUT2D eigenvalue weighted by Gasteiger charge is 2.20. The van der Waals surface area contributed by atoms with Crippen molar-refractivity contribution in [2.24, 2.45) is 0 Å². The monoisotopic (exact) mass is 362 g/mol. The number of nitrogens with zero attached hydrogens (tertiary/aromatic N) is 1. The number of amides is 2. The number of furan rings is 1. The van der Waals surface area contributed by atoms with Gasteiger partial charge < -0.3 is 14.6 Å². The molecule has 3 rings (SSSR count). The third-order valence-corrected chi connectivity index (χ3v) is 4.06. The molecule has 0 aliphatic carbocycles. The van der Waals surface area contributed by atoms with Crippen molar-refractivity contribution in [2.75, 3.05) is 16.8 Å². The van der Waals surface area contributed by atoms with Crippen molar-refractivity contribution in [1.29, 1.82) is 0 Å². The van der Waals surface area contributed by atoms with E-state index < -0.39 is 0 Å². The van der Waals surface area contributed by atoms with E-state index >= 15 is 0 Å². The molecule has 1 aliphatic heterocycles. The minimum absolute atomic E-state index is 0.0400. The Bertz CT molecular complexity index is 739. The lowest BCUT2D eigenvalue weighted by atomic mass is 10.0. The van der Waals surface area contributed by atoms with Crippen LogP contribution in [0.1, 0.15) is 29.5 Å². The van der Waals surface area contributed by atoms with Gasteiger partial charge in [0.25, 0.3) is 5.91 Å². The molecule has 22 heavy (non-hydrogen) atoms. The molecule has 6 heteroatoms. The molecule has 2 aromatic rings. The number of nitrogens with one attached hydrogen (secondary N) is 1. The van der Waals surface area contributed by atoms with Crippen molar-refractivity contribution >= 4 is 39.1 Å². The third-order valence-electron chi connectivity index (χ3n) is 3.63. The Kier molecular flexibility index (Phi) is 4.02. The van der Waals surface area contributed by atoms with Crippen molar-refractivity contribution in [2.45, 2.75) is 19.8 Å². The highest BCUT2D eigenvalue weighted by molar-refractivity contribution is 9.10. The number of rotatable bonds is 2. The Morgan fingerprint density at radius 3 is 2.77 bits per heavy atom. The van der Waals surface area contributed by atoms with Crippen LogP contribution in [-0.2, 0) is 11.2 Å². The van der Waals surface area contributed by atoms with Crippen LogP contribution in [0.4, 0.5) is 11.4 Å². The first kappa shape index (κ1) is 14.8. The lowest BCUT2D eigenvalue weighted by molar-refractivity contribution is -0.116. The van der Waals surface area contributed by atoms with Gasteiger partial charge in [0.15, 0.2) is 10.4 Å². The van der Waals surface area contributed by atoms with E-state index in [1.165, 1.54) is 0 Å². The molecular formula is C16H15BrN2O3. The van der Waals surface area contributed by atoms with E-state index in [9.17, 15) is 9.59 Å². The maximum atomic E-state index is 12.1. The van der Waals surface area contributed by atoms with Crippen LogP contribution in [0.5, 0.6) is 0 Å². The topological polar surface area (TPSA) is 62.6 Å². The standard InChI is InChI=1S/C16H15BrN2O3/c1-10(20)19-8-2-3-11-9-12(4-5-13(11)19)18-16(21)14-6-7-15(17)22-14/h4-7,9H,2-3,8H2,1H3,(H,18,21). The number of anilines is 2. The molecule has 0 atom stereocenters. The maximum absolute atomic E-state index is 12.1. The summed E-state index contributed by atoms with van der Waals surface area (Å²) in [5, 5.41) is 2.81. The summed E-state index contributed by atoms with van der Waals surface area (Å²) in [7, 11) is 0. The molecule has 1 N–H and O–H groups in total. The number of halogens is 1. The summed E-state index contributed by atoms with van der Waals surface area (Å²) >= 11 is 3.17. The number of benzene rings is 1. The van der Waals surface area contributed by atoms with Crippen LogP contribution < -0.4 is 10.2 Å². The van der Waals surface area contributed by atoms with Gasteiger partial charge in [0, 0.05) is 24.8 Å². The Labute approximate surface area is 136 Å². The van der Waals surface area contributed by atoms with Gasteiger partial charge in [-0.2, -0.15) is 0 Å². The highest BCUT2D eigenvalue weighted by atomic mass is 79.9. The molecule has 1 aliphatic rings. The molecule has 2 amide bonds. The number of hydrogen-bond donors (Lipinski definition) is 1. The normalized spacial score (nSPS) is 13.6. The predicted molar refractivity (Wildman–Crippen MR) is 87.2 cm³/mol. The molecule has 0 radical (unpaired) electrons. The molecule has 1 aromatic heterocycles. The smallest absolute Gasteiger partial charge is 0.291 e. The number of hydrogen-bond acceptors (Lipinski definition) is 3. The summed E-state index contributed by atoms with van der Waals surface area (Å²) in [6.45, 7) is 2.31. The first-order valence-corrected chi connectivity index (χ1v) is 7.81. The molecule has 0 unspecified atom stereocenters. The summed E-state index contributed by atoms with van der Waals surface area (Å²) < 4.78 is 5.74. The molecule has 2 heterocycles. The zero-order valence-corrected chi connectivity index (χ0v) is 13.6. The van der Waals surface area contributed by atoms with Crippen LogP contribution in [0.2, 0.25) is 0 Å². The molecule has 5 nitrogen and oxygen atoms in total. The summed E-state index contributed by atoms with van der Waals surface area (Å²) in [5.74, 6) is -0.0157. The van der Waals surface area contributed by atoms with Crippen LogP contribution in [-0.4, -0.2) is 18.4 Å². The fourth-order valence-electron chi connectivity index (χ4n) is 2.63. The summed E-state index contributed by atoms with van der Waals surface area (Å²) in [6.07, 6.45) is 1.82. The van der Waals surface area contributed by atoms with Crippen LogP contribution in [0.15, 0.2) is 39.4 Å². The van der Waals surface area contributed by atoms with E-state index in [0.29, 0.717) is 10.4 Å². The fourth-order valence-corrected chi connectivity index (χ4v) is 2.94. The number of carbonyl (C=O) groups excluding carboxylic acids is 2. The van der Waals surface area contributed by atoms with Gasteiger partial charge in [-0.1, -0.05) is 0 Å². The van der Waals surface area contributed by atoms with Crippen LogP contribution in [0.3, 0.4) is 0 Å². The van der Waals surface area contributed by atoms with Crippen molar-refractivity contribution in [1.82, 2.24) is 0 Å². The lowest BCUT2D eigenvalue weighted by Gasteiger charge is -2.28. The van der Waals surface area contributed by atoms with Crippen LogP contribution >= 0.6 is 15.9 Å². The first-order chi connectivity index (χ1) is 10.5. The highest BCUT2D eigenvalue weighted by Crippen LogP contribution is 2.30. The van der Waals surface area contributed by atoms with Gasteiger partial charge in [-0.05, 0) is 64.7 Å². The molecule has 1 aromatic carbocycles. The number of fused-ring (bicyclic) bond motifs is 1. The maximum Gasteiger partial charge on any atom is 0.291 e.